The van der Waals surface area contributed by atoms with E-state index in [0.717, 1.165) is 50.0 Å². The Morgan fingerprint density at radius 2 is 1.59 bits per heavy atom. The molecule has 2 saturated heterocycles. The van der Waals surface area contributed by atoms with E-state index in [1.54, 1.807) is 30.5 Å². The number of halogens is 2. The maximum atomic E-state index is 14.0. The number of carbonyl (C=O) groups excluding carboxylic acids is 4. The van der Waals surface area contributed by atoms with Gasteiger partial charge in [-0.05, 0) is 56.0 Å². The Hall–Kier alpha value is -4.49. The molecular weight excluding hydrogens is 815 g/mol. The van der Waals surface area contributed by atoms with Crippen LogP contribution in [-0.2, 0) is 35.1 Å². The van der Waals surface area contributed by atoms with Gasteiger partial charge in [0.2, 0.25) is 0 Å². The van der Waals surface area contributed by atoms with E-state index in [0.29, 0.717) is 95.0 Å². The maximum absolute atomic E-state index is 14.0. The summed E-state index contributed by atoms with van der Waals surface area (Å²) in [6.07, 6.45) is 9.13. The zero-order chi connectivity index (χ0) is 43.2. The van der Waals surface area contributed by atoms with Crippen molar-refractivity contribution in [2.24, 2.45) is 0 Å². The second-order valence-corrected chi connectivity index (χ2v) is 16.2. The predicted octanol–water partition coefficient (Wildman–Crippen LogP) is 5.51. The largest absolute Gasteiger partial charge is 0.480 e. The van der Waals surface area contributed by atoms with Gasteiger partial charge in [-0.3, -0.25) is 14.4 Å². The Labute approximate surface area is 359 Å². The van der Waals surface area contributed by atoms with Crippen molar-refractivity contribution in [3.05, 3.63) is 71.6 Å². The van der Waals surface area contributed by atoms with Crippen LogP contribution in [0.2, 0.25) is 0 Å². The molecule has 2 aromatic carbocycles. The molecule has 0 aliphatic carbocycles. The molecular formula is C43H58F2N6O9S. The van der Waals surface area contributed by atoms with Crippen molar-refractivity contribution in [3.63, 3.8) is 0 Å². The first-order valence-corrected chi connectivity index (χ1v) is 22.2. The molecule has 0 radical (unpaired) electrons. The Kier molecular flexibility index (Phi) is 20.3. The van der Waals surface area contributed by atoms with Crippen LogP contribution in [0.3, 0.4) is 0 Å². The zero-order valence-corrected chi connectivity index (χ0v) is 35.6. The summed E-state index contributed by atoms with van der Waals surface area (Å²) >= 11 is 1.90. The molecule has 5 rings (SSSR count). The molecule has 2 aliphatic heterocycles. The second kappa shape index (κ2) is 26.1. The number of Topliss-reactive ketones (excluding diaryl/α,β-unsaturated/α-hetero) is 2. The lowest BCUT2D eigenvalue weighted by molar-refractivity contribution is -0.123. The van der Waals surface area contributed by atoms with Crippen molar-refractivity contribution >= 4 is 35.3 Å². The van der Waals surface area contributed by atoms with Crippen LogP contribution in [0.25, 0.3) is 5.69 Å². The monoisotopic (exact) mass is 872 g/mol. The van der Waals surface area contributed by atoms with E-state index in [1.807, 2.05) is 18.7 Å². The number of hydrogen-bond donors (Lipinski definition) is 3. The maximum Gasteiger partial charge on any atom is 0.315 e. The minimum Gasteiger partial charge on any atom is -0.480 e. The van der Waals surface area contributed by atoms with Crippen LogP contribution in [0.1, 0.15) is 87.2 Å². The lowest BCUT2D eigenvalue weighted by Gasteiger charge is -2.18. The number of rotatable bonds is 31. The summed E-state index contributed by atoms with van der Waals surface area (Å²) < 4.78 is 57.1. The van der Waals surface area contributed by atoms with Gasteiger partial charge in [-0.25, -0.2) is 18.3 Å². The SMILES string of the molecule is CCCCC[C@H](NC(=O)c1cccc(-n2cc(COCCOCCOCCOCCCC(=O)CCCC[C@@H]3SC[C@@H]4NC(=O)N[C@@H]43)nn2)c1)C(=O)COc1c(F)cccc1F. The number of thioether (sulfide) groups is 1. The molecule has 15 nitrogen and oxygen atoms in total. The van der Waals surface area contributed by atoms with Gasteiger partial charge in [-0.2, -0.15) is 11.8 Å². The molecule has 2 aliphatic rings. The van der Waals surface area contributed by atoms with Gasteiger partial charge in [0.25, 0.3) is 5.91 Å². The van der Waals surface area contributed by atoms with Crippen molar-refractivity contribution in [2.75, 3.05) is 58.6 Å². The van der Waals surface area contributed by atoms with E-state index in [1.165, 1.54) is 10.7 Å². The minimum atomic E-state index is -0.917. The molecule has 3 aromatic rings. The van der Waals surface area contributed by atoms with Gasteiger partial charge < -0.3 is 39.6 Å². The Balaban J connectivity index is 0.878. The van der Waals surface area contributed by atoms with Gasteiger partial charge in [0.15, 0.2) is 23.2 Å². The fraction of sp³-hybridized carbons (Fsp3) is 0.581. The van der Waals surface area contributed by atoms with Crippen LogP contribution in [0.4, 0.5) is 13.6 Å². The number of aromatic nitrogens is 3. The highest BCUT2D eigenvalue weighted by molar-refractivity contribution is 8.00. The van der Waals surface area contributed by atoms with E-state index in [9.17, 15) is 28.0 Å². The number of ether oxygens (including phenoxy) is 5. The Morgan fingerprint density at radius 3 is 2.34 bits per heavy atom. The van der Waals surface area contributed by atoms with E-state index in [4.69, 9.17) is 23.7 Å². The third-order valence-electron chi connectivity index (χ3n) is 10.2. The van der Waals surface area contributed by atoms with Crippen LogP contribution < -0.4 is 20.7 Å². The van der Waals surface area contributed by atoms with E-state index in [2.05, 4.69) is 26.3 Å². The molecule has 3 N–H and O–H groups in total. The first-order valence-electron chi connectivity index (χ1n) is 21.1. The first-order chi connectivity index (χ1) is 29.7. The lowest BCUT2D eigenvalue weighted by atomic mass is 10.0. The predicted molar refractivity (Wildman–Crippen MR) is 224 cm³/mol. The van der Waals surface area contributed by atoms with Gasteiger partial charge >= 0.3 is 6.03 Å². The van der Waals surface area contributed by atoms with Crippen LogP contribution in [0, 0.1) is 11.6 Å². The van der Waals surface area contributed by atoms with Gasteiger partial charge in [-0.1, -0.05) is 50.0 Å². The molecule has 2 fully saturated rings. The fourth-order valence-corrected chi connectivity index (χ4v) is 8.49. The van der Waals surface area contributed by atoms with Gasteiger partial charge in [0.05, 0.1) is 76.3 Å². The number of urea groups is 1. The molecule has 334 valence electrons. The van der Waals surface area contributed by atoms with Crippen LogP contribution in [0.5, 0.6) is 5.75 Å². The number of amides is 3. The second-order valence-electron chi connectivity index (χ2n) is 14.9. The number of carbonyl (C=O) groups is 4. The summed E-state index contributed by atoms with van der Waals surface area (Å²) in [5.74, 6) is -2.25. The van der Waals surface area contributed by atoms with Crippen LogP contribution in [-0.4, -0.2) is 120 Å². The van der Waals surface area contributed by atoms with Crippen molar-refractivity contribution in [3.8, 4) is 11.4 Å². The van der Waals surface area contributed by atoms with Gasteiger partial charge in [-0.15, -0.1) is 5.10 Å². The molecule has 1 aromatic heterocycles. The molecule has 3 amide bonds. The number of ketones is 2. The molecule has 4 atom stereocenters. The average molecular weight is 873 g/mol. The Morgan fingerprint density at radius 1 is 0.885 bits per heavy atom. The standard InChI is InChI=1S/C43H58F2N6O9S/c1-2-3-4-16-36(38(53)28-60-41-34(44)14-8-15-35(41)45)46-42(54)30-10-7-11-32(25-30)51-26-31(49-50-51)27-59-24-23-58-22-21-57-20-19-56-18-9-13-33(52)12-5-6-17-39-40-37(29-61-39)47-43(55)48-40/h7-8,10-11,14-15,25-26,36-37,39-40H,2-6,9,12-13,16-24,27-29H2,1H3,(H,46,54)(H2,47,48,55)/t36-,37-,39-,40-/m0/s1. The van der Waals surface area contributed by atoms with Crippen molar-refractivity contribution in [1.29, 1.82) is 0 Å². The zero-order valence-electron chi connectivity index (χ0n) is 34.8. The summed E-state index contributed by atoms with van der Waals surface area (Å²) in [4.78, 5) is 50.1. The third-order valence-corrected chi connectivity index (χ3v) is 11.7. The normalized spacial score (nSPS) is 17.4. The van der Waals surface area contributed by atoms with E-state index < -0.39 is 41.7 Å². The van der Waals surface area contributed by atoms with Crippen molar-refractivity contribution < 1.29 is 51.6 Å². The summed E-state index contributed by atoms with van der Waals surface area (Å²) in [6, 6.07) is 9.42. The van der Waals surface area contributed by atoms with Crippen molar-refractivity contribution in [1.82, 2.24) is 30.9 Å². The topological polar surface area (TPSA) is 181 Å². The number of para-hydroxylation sites is 1. The van der Waals surface area contributed by atoms with Gasteiger partial charge in [0.1, 0.15) is 18.1 Å². The molecule has 18 heteroatoms. The van der Waals surface area contributed by atoms with Crippen LogP contribution >= 0.6 is 11.8 Å². The average Bonchev–Trinajstić information content (AvgIpc) is 3.98. The smallest absolute Gasteiger partial charge is 0.315 e. The summed E-state index contributed by atoms with van der Waals surface area (Å²) in [6.45, 7) is 4.52. The van der Waals surface area contributed by atoms with Crippen LogP contribution in [0.15, 0.2) is 48.7 Å². The minimum absolute atomic E-state index is 0.0675. The molecule has 61 heavy (non-hydrogen) atoms. The number of unbranched alkanes of at least 4 members (excludes halogenated alkanes) is 3. The highest BCUT2D eigenvalue weighted by Crippen LogP contribution is 2.33. The molecule has 0 unspecified atom stereocenters. The Bertz CT molecular complexity index is 1830. The number of nitrogens with zero attached hydrogens (tertiary/aromatic N) is 3. The molecule has 0 bridgehead atoms. The highest BCUT2D eigenvalue weighted by atomic mass is 32.2. The number of benzene rings is 2. The highest BCUT2D eigenvalue weighted by Gasteiger charge is 2.42. The van der Waals surface area contributed by atoms with Gasteiger partial charge in [0, 0.05) is 36.0 Å². The number of hydrogen-bond acceptors (Lipinski definition) is 12. The summed E-state index contributed by atoms with van der Waals surface area (Å²) in [5.41, 5.74) is 1.42. The first kappa shape index (κ1) is 47.6. The van der Waals surface area contributed by atoms with E-state index in [-0.39, 0.29) is 36.1 Å². The lowest BCUT2D eigenvalue weighted by Crippen LogP contribution is -2.43. The van der Waals surface area contributed by atoms with E-state index >= 15 is 0 Å². The fourth-order valence-electron chi connectivity index (χ4n) is 6.94. The summed E-state index contributed by atoms with van der Waals surface area (Å²) in [7, 11) is 0. The third kappa shape index (κ3) is 16.1. The molecule has 0 spiro atoms. The molecule has 0 saturated carbocycles. The summed E-state index contributed by atoms with van der Waals surface area (Å²) in [5, 5.41) is 17.5. The quantitative estimate of drug-likeness (QED) is 0.0546. The van der Waals surface area contributed by atoms with Crippen molar-refractivity contribution in [2.45, 2.75) is 101 Å². The number of fused-ring (bicyclic) bond motifs is 1. The molecule has 3 heterocycles. The number of nitrogens with one attached hydrogen (secondary N) is 3.